The van der Waals surface area contributed by atoms with Gasteiger partial charge in [-0.05, 0) is 37.5 Å². The molecule has 0 unspecified atom stereocenters. The average molecular weight is 433 g/mol. The van der Waals surface area contributed by atoms with E-state index in [0.717, 1.165) is 17.7 Å². The van der Waals surface area contributed by atoms with Crippen molar-refractivity contribution < 1.29 is 9.59 Å². The van der Waals surface area contributed by atoms with Crippen LogP contribution >= 0.6 is 23.4 Å². The Hall–Kier alpha value is -1.98. The van der Waals surface area contributed by atoms with E-state index in [4.69, 9.17) is 11.6 Å². The van der Waals surface area contributed by atoms with Gasteiger partial charge in [-0.25, -0.2) is 0 Å². The number of halogens is 1. The molecule has 1 atom stereocenters. The fourth-order valence-electron chi connectivity index (χ4n) is 2.81. The topological polar surface area (TPSA) is 49.4 Å². The lowest BCUT2D eigenvalue weighted by Gasteiger charge is -2.29. The number of hydrogen-bond acceptors (Lipinski definition) is 3. The van der Waals surface area contributed by atoms with Gasteiger partial charge in [-0.15, -0.1) is 11.8 Å². The van der Waals surface area contributed by atoms with E-state index in [9.17, 15) is 9.59 Å². The summed E-state index contributed by atoms with van der Waals surface area (Å²) in [6.07, 6.45) is 0.851. The third kappa shape index (κ3) is 7.41. The average Bonchev–Trinajstić information content (AvgIpc) is 2.72. The van der Waals surface area contributed by atoms with Crippen LogP contribution in [0.25, 0.3) is 0 Å². The van der Waals surface area contributed by atoms with E-state index in [2.05, 4.69) is 36.5 Å². The fraction of sp³-hybridized carbons (Fsp3) is 0.391. The second-order valence-corrected chi connectivity index (χ2v) is 8.45. The number of amides is 2. The quantitative estimate of drug-likeness (QED) is 0.585. The first-order valence-electron chi connectivity index (χ1n) is 9.86. The van der Waals surface area contributed by atoms with Crippen LogP contribution < -0.4 is 5.32 Å². The highest BCUT2D eigenvalue weighted by Gasteiger charge is 2.26. The second-order valence-electron chi connectivity index (χ2n) is 7.06. The molecule has 0 heterocycles. The van der Waals surface area contributed by atoms with Crippen molar-refractivity contribution in [3.8, 4) is 0 Å². The molecule has 2 aromatic rings. The molecule has 0 saturated heterocycles. The van der Waals surface area contributed by atoms with Crippen LogP contribution in [0.1, 0.15) is 37.0 Å². The summed E-state index contributed by atoms with van der Waals surface area (Å²) in [5.74, 6) is 0.850. The van der Waals surface area contributed by atoms with Gasteiger partial charge in [0.2, 0.25) is 11.8 Å². The number of thioether (sulfide) groups is 1. The number of aryl methyl sites for hydroxylation is 1. The molecular formula is C23H29ClN2O2S. The molecule has 0 radical (unpaired) electrons. The molecule has 2 rings (SSSR count). The molecule has 0 spiro atoms. The van der Waals surface area contributed by atoms with Gasteiger partial charge >= 0.3 is 0 Å². The molecular weight excluding hydrogens is 404 g/mol. The maximum atomic E-state index is 13.0. The van der Waals surface area contributed by atoms with E-state index >= 15 is 0 Å². The first-order valence-corrected chi connectivity index (χ1v) is 11.4. The first-order chi connectivity index (χ1) is 13.9. The third-order valence-corrected chi connectivity index (χ3v) is 5.99. The summed E-state index contributed by atoms with van der Waals surface area (Å²) in [4.78, 5) is 27.1. The Morgan fingerprint density at radius 2 is 1.83 bits per heavy atom. The lowest BCUT2D eigenvalue weighted by Crippen LogP contribution is -2.48. The van der Waals surface area contributed by atoms with E-state index in [1.807, 2.05) is 25.1 Å². The molecule has 2 amide bonds. The normalized spacial score (nSPS) is 11.7. The summed E-state index contributed by atoms with van der Waals surface area (Å²) >= 11 is 7.85. The van der Waals surface area contributed by atoms with Gasteiger partial charge in [0.25, 0.3) is 0 Å². The number of carbonyl (C=O) groups is 2. The minimum Gasteiger partial charge on any atom is -0.354 e. The van der Waals surface area contributed by atoms with Gasteiger partial charge < -0.3 is 10.2 Å². The monoisotopic (exact) mass is 432 g/mol. The van der Waals surface area contributed by atoms with Crippen molar-refractivity contribution in [3.63, 3.8) is 0 Å². The first kappa shape index (κ1) is 23.3. The Labute approximate surface area is 183 Å². The summed E-state index contributed by atoms with van der Waals surface area (Å²) < 4.78 is 0. The minimum absolute atomic E-state index is 0.0684. The van der Waals surface area contributed by atoms with Crippen molar-refractivity contribution in [3.05, 3.63) is 70.2 Å². The number of rotatable bonds is 10. The molecule has 0 aromatic heterocycles. The van der Waals surface area contributed by atoms with E-state index in [-0.39, 0.29) is 11.8 Å². The highest BCUT2D eigenvalue weighted by molar-refractivity contribution is 7.99. The molecule has 0 bridgehead atoms. The standard InChI is InChI=1S/C23H29ClN2O2S/c1-4-13-25-23(28)18(3)26(14-20-7-5-6-8-21(20)24)22(27)16-29-15-19-11-9-17(2)10-12-19/h5-12,18H,4,13-16H2,1-3H3,(H,25,28)/t18-/m0/s1. The summed E-state index contributed by atoms with van der Waals surface area (Å²) in [7, 11) is 0. The highest BCUT2D eigenvalue weighted by Crippen LogP contribution is 2.20. The van der Waals surface area contributed by atoms with Gasteiger partial charge in [0.1, 0.15) is 6.04 Å². The minimum atomic E-state index is -0.565. The van der Waals surface area contributed by atoms with Crippen molar-refractivity contribution in [2.75, 3.05) is 12.3 Å². The van der Waals surface area contributed by atoms with Crippen LogP contribution in [-0.4, -0.2) is 35.1 Å². The van der Waals surface area contributed by atoms with Crippen molar-refractivity contribution in [2.24, 2.45) is 0 Å². The lowest BCUT2D eigenvalue weighted by atomic mass is 10.1. The molecule has 0 fully saturated rings. The maximum absolute atomic E-state index is 13.0. The van der Waals surface area contributed by atoms with Crippen molar-refractivity contribution >= 4 is 35.2 Å². The van der Waals surface area contributed by atoms with Gasteiger partial charge in [0, 0.05) is 23.9 Å². The van der Waals surface area contributed by atoms with Gasteiger partial charge in [-0.2, -0.15) is 0 Å². The molecule has 2 aromatic carbocycles. The Kier molecular flexibility index (Phi) is 9.55. The molecule has 0 aliphatic heterocycles. The molecule has 6 heteroatoms. The van der Waals surface area contributed by atoms with Gasteiger partial charge in [-0.1, -0.05) is 66.6 Å². The maximum Gasteiger partial charge on any atom is 0.242 e. The van der Waals surface area contributed by atoms with Crippen LogP contribution in [0, 0.1) is 6.92 Å². The van der Waals surface area contributed by atoms with Crippen molar-refractivity contribution in [2.45, 2.75) is 45.5 Å². The Morgan fingerprint density at radius 1 is 1.14 bits per heavy atom. The van der Waals surface area contributed by atoms with E-state index in [1.165, 1.54) is 11.1 Å². The van der Waals surface area contributed by atoms with E-state index < -0.39 is 6.04 Å². The van der Waals surface area contributed by atoms with Crippen LogP contribution in [0.15, 0.2) is 48.5 Å². The Bertz CT molecular complexity index is 811. The number of nitrogens with zero attached hydrogens (tertiary/aromatic N) is 1. The zero-order valence-corrected chi connectivity index (χ0v) is 18.9. The van der Waals surface area contributed by atoms with E-state index in [1.54, 1.807) is 29.7 Å². The van der Waals surface area contributed by atoms with Crippen LogP contribution in [-0.2, 0) is 21.9 Å². The van der Waals surface area contributed by atoms with Gasteiger partial charge in [0.15, 0.2) is 0 Å². The number of nitrogens with one attached hydrogen (secondary N) is 1. The molecule has 0 aliphatic carbocycles. The van der Waals surface area contributed by atoms with E-state index in [0.29, 0.717) is 23.9 Å². The summed E-state index contributed by atoms with van der Waals surface area (Å²) in [5, 5.41) is 3.48. The van der Waals surface area contributed by atoms with Crippen molar-refractivity contribution in [1.82, 2.24) is 10.2 Å². The Balaban J connectivity index is 2.05. The molecule has 29 heavy (non-hydrogen) atoms. The van der Waals surface area contributed by atoms with Crippen LogP contribution in [0.2, 0.25) is 5.02 Å². The molecule has 1 N–H and O–H groups in total. The second kappa shape index (κ2) is 11.9. The summed E-state index contributed by atoms with van der Waals surface area (Å²) in [6, 6.07) is 15.2. The third-order valence-electron chi connectivity index (χ3n) is 4.63. The van der Waals surface area contributed by atoms with Crippen LogP contribution in [0.3, 0.4) is 0 Å². The zero-order chi connectivity index (χ0) is 21.2. The number of benzene rings is 2. The predicted octanol–water partition coefficient (Wildman–Crippen LogP) is 4.83. The number of carbonyl (C=O) groups excluding carboxylic acids is 2. The summed E-state index contributed by atoms with van der Waals surface area (Å²) in [5.41, 5.74) is 3.23. The van der Waals surface area contributed by atoms with Crippen LogP contribution in [0.5, 0.6) is 0 Å². The molecule has 0 saturated carbocycles. The SMILES string of the molecule is CCCNC(=O)[C@H](C)N(Cc1ccccc1Cl)C(=O)CSCc1ccc(C)cc1. The highest BCUT2D eigenvalue weighted by atomic mass is 35.5. The summed E-state index contributed by atoms with van der Waals surface area (Å²) in [6.45, 7) is 6.73. The zero-order valence-electron chi connectivity index (χ0n) is 17.3. The lowest BCUT2D eigenvalue weighted by molar-refractivity contribution is -0.138. The molecule has 4 nitrogen and oxygen atoms in total. The van der Waals surface area contributed by atoms with Gasteiger partial charge in [-0.3, -0.25) is 9.59 Å². The van der Waals surface area contributed by atoms with Crippen LogP contribution in [0.4, 0.5) is 0 Å². The molecule has 156 valence electrons. The van der Waals surface area contributed by atoms with Crippen molar-refractivity contribution in [1.29, 1.82) is 0 Å². The molecule has 0 aliphatic rings. The number of hydrogen-bond donors (Lipinski definition) is 1. The van der Waals surface area contributed by atoms with Gasteiger partial charge in [0.05, 0.1) is 5.75 Å². The fourth-order valence-corrected chi connectivity index (χ4v) is 3.88. The smallest absolute Gasteiger partial charge is 0.242 e. The largest absolute Gasteiger partial charge is 0.354 e. The Morgan fingerprint density at radius 3 is 2.48 bits per heavy atom. The predicted molar refractivity (Wildman–Crippen MR) is 122 cm³/mol.